The van der Waals surface area contributed by atoms with E-state index in [2.05, 4.69) is 65.9 Å². The van der Waals surface area contributed by atoms with Crippen LogP contribution in [0.5, 0.6) is 0 Å². The molecule has 0 heterocycles. The minimum Gasteiger partial charge on any atom is -0.329 e. The van der Waals surface area contributed by atoms with Gasteiger partial charge >= 0.3 is 0 Å². The van der Waals surface area contributed by atoms with Gasteiger partial charge in [-0.05, 0) is 44.0 Å². The topological polar surface area (TPSA) is 29.3 Å². The molecule has 0 aliphatic heterocycles. The van der Waals surface area contributed by atoms with Gasteiger partial charge in [-0.2, -0.15) is 0 Å². The second-order valence-corrected chi connectivity index (χ2v) is 6.07. The van der Waals surface area contributed by atoms with Gasteiger partial charge < -0.3 is 5.73 Å². The molecule has 0 aromatic heterocycles. The van der Waals surface area contributed by atoms with Gasteiger partial charge in [0.25, 0.3) is 0 Å². The molecule has 2 unspecified atom stereocenters. The van der Waals surface area contributed by atoms with E-state index in [4.69, 9.17) is 5.73 Å². The largest absolute Gasteiger partial charge is 0.329 e. The van der Waals surface area contributed by atoms with E-state index in [0.29, 0.717) is 18.6 Å². The Hall–Kier alpha value is -0.380. The zero-order valence-electron chi connectivity index (χ0n) is 12.4. The standard InChI is InChI=1S/C16H27BrN2/c1-4-6-10-19(13(3)5-2)16(12-18)14-8-7-9-15(17)11-14/h7-9,11,13,16H,4-6,10,12,18H2,1-3H3. The third kappa shape index (κ3) is 4.90. The van der Waals surface area contributed by atoms with E-state index in [9.17, 15) is 0 Å². The number of halogens is 1. The van der Waals surface area contributed by atoms with Crippen LogP contribution in [0, 0.1) is 0 Å². The average Bonchev–Trinajstić information content (AvgIpc) is 2.42. The van der Waals surface area contributed by atoms with E-state index in [1.54, 1.807) is 0 Å². The molecule has 0 aliphatic carbocycles. The van der Waals surface area contributed by atoms with Crippen LogP contribution in [0.25, 0.3) is 0 Å². The van der Waals surface area contributed by atoms with Crippen LogP contribution in [0.3, 0.4) is 0 Å². The van der Waals surface area contributed by atoms with Crippen molar-refractivity contribution in [3.8, 4) is 0 Å². The van der Waals surface area contributed by atoms with E-state index in [-0.39, 0.29) is 0 Å². The maximum atomic E-state index is 6.06. The van der Waals surface area contributed by atoms with Crippen molar-refractivity contribution in [2.75, 3.05) is 13.1 Å². The molecule has 2 nitrogen and oxygen atoms in total. The Morgan fingerprint density at radius 1 is 1.32 bits per heavy atom. The SMILES string of the molecule is CCCCN(C(C)CC)C(CN)c1cccc(Br)c1. The number of hydrogen-bond donors (Lipinski definition) is 1. The summed E-state index contributed by atoms with van der Waals surface area (Å²) in [6.45, 7) is 8.59. The number of rotatable bonds is 8. The zero-order valence-corrected chi connectivity index (χ0v) is 14.0. The highest BCUT2D eigenvalue weighted by Crippen LogP contribution is 2.26. The summed E-state index contributed by atoms with van der Waals surface area (Å²) in [5.41, 5.74) is 7.38. The summed E-state index contributed by atoms with van der Waals surface area (Å²) in [4.78, 5) is 2.56. The maximum Gasteiger partial charge on any atom is 0.0473 e. The molecule has 0 saturated carbocycles. The van der Waals surface area contributed by atoms with Gasteiger partial charge in [0.05, 0.1) is 0 Å². The van der Waals surface area contributed by atoms with Crippen molar-refractivity contribution in [1.82, 2.24) is 4.90 Å². The molecule has 0 fully saturated rings. The third-order valence-electron chi connectivity index (χ3n) is 3.78. The molecule has 0 bridgehead atoms. The Morgan fingerprint density at radius 3 is 2.58 bits per heavy atom. The van der Waals surface area contributed by atoms with Gasteiger partial charge in [-0.3, -0.25) is 4.90 Å². The molecule has 1 aromatic carbocycles. The van der Waals surface area contributed by atoms with E-state index >= 15 is 0 Å². The molecule has 0 spiro atoms. The molecule has 0 radical (unpaired) electrons. The van der Waals surface area contributed by atoms with Crippen LogP contribution < -0.4 is 5.73 Å². The quantitative estimate of drug-likeness (QED) is 0.769. The maximum absolute atomic E-state index is 6.06. The highest BCUT2D eigenvalue weighted by molar-refractivity contribution is 9.10. The molecular weight excluding hydrogens is 300 g/mol. The van der Waals surface area contributed by atoms with E-state index < -0.39 is 0 Å². The third-order valence-corrected chi connectivity index (χ3v) is 4.28. The van der Waals surface area contributed by atoms with Crippen molar-refractivity contribution in [2.24, 2.45) is 5.73 Å². The van der Waals surface area contributed by atoms with E-state index in [0.717, 1.165) is 17.4 Å². The molecule has 0 amide bonds. The fraction of sp³-hybridized carbons (Fsp3) is 0.625. The summed E-state index contributed by atoms with van der Waals surface area (Å²) in [5.74, 6) is 0. The Bertz CT molecular complexity index is 368. The predicted molar refractivity (Wildman–Crippen MR) is 87.3 cm³/mol. The van der Waals surface area contributed by atoms with Gasteiger partial charge in [-0.15, -0.1) is 0 Å². The van der Waals surface area contributed by atoms with Crippen molar-refractivity contribution in [3.63, 3.8) is 0 Å². The van der Waals surface area contributed by atoms with Gasteiger partial charge in [-0.1, -0.05) is 48.3 Å². The highest BCUT2D eigenvalue weighted by Gasteiger charge is 2.22. The number of unbranched alkanes of at least 4 members (excludes halogenated alkanes) is 1. The lowest BCUT2D eigenvalue weighted by molar-refractivity contribution is 0.141. The Kier molecular flexibility index (Phi) is 7.66. The van der Waals surface area contributed by atoms with Gasteiger partial charge in [0.15, 0.2) is 0 Å². The molecule has 1 rings (SSSR count). The second-order valence-electron chi connectivity index (χ2n) is 5.16. The van der Waals surface area contributed by atoms with Gasteiger partial charge in [-0.25, -0.2) is 0 Å². The van der Waals surface area contributed by atoms with Crippen LogP contribution in [0.2, 0.25) is 0 Å². The fourth-order valence-corrected chi connectivity index (χ4v) is 2.85. The van der Waals surface area contributed by atoms with E-state index in [1.165, 1.54) is 18.4 Å². The predicted octanol–water partition coefficient (Wildman–Crippen LogP) is 4.35. The van der Waals surface area contributed by atoms with Gasteiger partial charge in [0.2, 0.25) is 0 Å². The zero-order chi connectivity index (χ0) is 14.3. The van der Waals surface area contributed by atoms with Crippen LogP contribution >= 0.6 is 15.9 Å². The molecule has 108 valence electrons. The van der Waals surface area contributed by atoms with Crippen molar-refractivity contribution >= 4 is 15.9 Å². The lowest BCUT2D eigenvalue weighted by Crippen LogP contribution is -2.40. The van der Waals surface area contributed by atoms with E-state index in [1.807, 2.05) is 0 Å². The Morgan fingerprint density at radius 2 is 2.05 bits per heavy atom. The van der Waals surface area contributed by atoms with Crippen LogP contribution in [-0.4, -0.2) is 24.0 Å². The summed E-state index contributed by atoms with van der Waals surface area (Å²) in [5, 5.41) is 0. The minimum atomic E-state index is 0.319. The molecule has 0 saturated heterocycles. The summed E-state index contributed by atoms with van der Waals surface area (Å²) in [6.07, 6.45) is 3.62. The van der Waals surface area contributed by atoms with Crippen LogP contribution in [0.4, 0.5) is 0 Å². The molecule has 3 heteroatoms. The number of nitrogens with zero attached hydrogens (tertiary/aromatic N) is 1. The smallest absolute Gasteiger partial charge is 0.0473 e. The lowest BCUT2D eigenvalue weighted by Gasteiger charge is -2.36. The molecule has 19 heavy (non-hydrogen) atoms. The molecule has 1 aromatic rings. The first-order chi connectivity index (χ1) is 9.13. The minimum absolute atomic E-state index is 0.319. The first-order valence-electron chi connectivity index (χ1n) is 7.35. The summed E-state index contributed by atoms with van der Waals surface area (Å²) >= 11 is 3.56. The number of benzene rings is 1. The highest BCUT2D eigenvalue weighted by atomic mass is 79.9. The lowest BCUT2D eigenvalue weighted by atomic mass is 10.0. The van der Waals surface area contributed by atoms with Crippen LogP contribution in [-0.2, 0) is 0 Å². The Balaban J connectivity index is 2.94. The molecule has 0 aliphatic rings. The van der Waals surface area contributed by atoms with Crippen LogP contribution in [0.1, 0.15) is 51.6 Å². The average molecular weight is 327 g/mol. The summed E-state index contributed by atoms with van der Waals surface area (Å²) < 4.78 is 1.13. The fourth-order valence-electron chi connectivity index (χ4n) is 2.44. The number of nitrogens with two attached hydrogens (primary N) is 1. The summed E-state index contributed by atoms with van der Waals surface area (Å²) in [7, 11) is 0. The monoisotopic (exact) mass is 326 g/mol. The van der Waals surface area contributed by atoms with Crippen molar-refractivity contribution in [1.29, 1.82) is 0 Å². The van der Waals surface area contributed by atoms with Crippen molar-refractivity contribution in [3.05, 3.63) is 34.3 Å². The van der Waals surface area contributed by atoms with Crippen molar-refractivity contribution < 1.29 is 0 Å². The first kappa shape index (κ1) is 16.7. The first-order valence-corrected chi connectivity index (χ1v) is 8.14. The molecular formula is C16H27BrN2. The Labute approximate surface area is 126 Å². The second kappa shape index (κ2) is 8.72. The summed E-state index contributed by atoms with van der Waals surface area (Å²) in [6, 6.07) is 9.42. The normalized spacial score (nSPS) is 14.6. The van der Waals surface area contributed by atoms with Crippen molar-refractivity contribution in [2.45, 2.75) is 52.1 Å². The van der Waals surface area contributed by atoms with Gasteiger partial charge in [0.1, 0.15) is 0 Å². The van der Waals surface area contributed by atoms with Gasteiger partial charge in [0, 0.05) is 23.1 Å². The molecule has 2 N–H and O–H groups in total. The van der Waals surface area contributed by atoms with Crippen LogP contribution in [0.15, 0.2) is 28.7 Å². The molecule has 2 atom stereocenters. The number of hydrogen-bond acceptors (Lipinski definition) is 2.